The van der Waals surface area contributed by atoms with Crippen molar-refractivity contribution in [3.05, 3.63) is 35.9 Å². The van der Waals surface area contributed by atoms with Gasteiger partial charge in [-0.25, -0.2) is 8.42 Å². The van der Waals surface area contributed by atoms with Crippen molar-refractivity contribution in [1.29, 1.82) is 0 Å². The van der Waals surface area contributed by atoms with Gasteiger partial charge in [0.1, 0.15) is 5.75 Å². The molecule has 0 aromatic heterocycles. The van der Waals surface area contributed by atoms with Gasteiger partial charge < -0.3 is 5.11 Å². The van der Waals surface area contributed by atoms with Gasteiger partial charge in [-0.2, -0.15) is 4.31 Å². The molecule has 0 fully saturated rings. The summed E-state index contributed by atoms with van der Waals surface area (Å²) in [5.74, 6) is 0.0671. The molecule has 0 saturated carbocycles. The third-order valence-corrected chi connectivity index (χ3v) is 5.49. The predicted octanol–water partition coefficient (Wildman–Crippen LogP) is 2.76. The van der Waals surface area contributed by atoms with Crippen LogP contribution in [-0.2, 0) is 10.0 Å². The van der Waals surface area contributed by atoms with Gasteiger partial charge >= 0.3 is 0 Å². The van der Waals surface area contributed by atoms with Gasteiger partial charge in [0.05, 0.1) is 4.90 Å². The van der Waals surface area contributed by atoms with Gasteiger partial charge in [0.15, 0.2) is 0 Å². The number of hydrogen-bond donors (Lipinski definition) is 1. The topological polar surface area (TPSA) is 57.6 Å². The fourth-order valence-electron chi connectivity index (χ4n) is 2.32. The SMILES string of the molecule is CC(C)(C)C1=CCN(S(=O)(=O)c2ccc(O)cc2)CC1. The van der Waals surface area contributed by atoms with Gasteiger partial charge in [-0.05, 0) is 36.1 Å². The van der Waals surface area contributed by atoms with Gasteiger partial charge in [-0.1, -0.05) is 32.4 Å². The number of rotatable bonds is 2. The van der Waals surface area contributed by atoms with E-state index in [-0.39, 0.29) is 16.1 Å². The number of hydrogen-bond acceptors (Lipinski definition) is 3. The van der Waals surface area contributed by atoms with Crippen LogP contribution in [0.3, 0.4) is 0 Å². The first-order valence-electron chi connectivity index (χ1n) is 6.70. The first-order valence-corrected chi connectivity index (χ1v) is 8.14. The molecule has 20 heavy (non-hydrogen) atoms. The quantitative estimate of drug-likeness (QED) is 0.854. The molecule has 1 N–H and O–H groups in total. The summed E-state index contributed by atoms with van der Waals surface area (Å²) in [5.41, 5.74) is 1.39. The Hall–Kier alpha value is -1.33. The second kappa shape index (κ2) is 5.22. The molecule has 0 atom stereocenters. The Morgan fingerprint density at radius 2 is 1.75 bits per heavy atom. The van der Waals surface area contributed by atoms with E-state index in [0.717, 1.165) is 6.42 Å². The Bertz CT molecular complexity index is 610. The summed E-state index contributed by atoms with van der Waals surface area (Å²) in [4.78, 5) is 0.225. The molecule has 4 nitrogen and oxygen atoms in total. The molecule has 0 unspecified atom stereocenters. The van der Waals surface area contributed by atoms with Gasteiger partial charge in [0.2, 0.25) is 10.0 Å². The van der Waals surface area contributed by atoms with E-state index in [1.54, 1.807) is 0 Å². The fourth-order valence-corrected chi connectivity index (χ4v) is 3.70. The van der Waals surface area contributed by atoms with Crippen LogP contribution in [0.15, 0.2) is 40.8 Å². The van der Waals surface area contributed by atoms with E-state index in [1.165, 1.54) is 34.1 Å². The summed E-state index contributed by atoms with van der Waals surface area (Å²) in [7, 11) is -3.47. The van der Waals surface area contributed by atoms with Crippen LogP contribution < -0.4 is 0 Å². The minimum Gasteiger partial charge on any atom is -0.508 e. The first kappa shape index (κ1) is 15.1. The van der Waals surface area contributed by atoms with Gasteiger partial charge in [-0.3, -0.25) is 0 Å². The van der Waals surface area contributed by atoms with Crippen LogP contribution in [0.2, 0.25) is 0 Å². The van der Waals surface area contributed by atoms with Gasteiger partial charge in [-0.15, -0.1) is 0 Å². The highest BCUT2D eigenvalue weighted by Gasteiger charge is 2.28. The molecular formula is C15H21NO3S. The lowest BCUT2D eigenvalue weighted by Gasteiger charge is -2.31. The zero-order valence-corrected chi connectivity index (χ0v) is 12.9. The van der Waals surface area contributed by atoms with Gasteiger partial charge in [0, 0.05) is 13.1 Å². The summed E-state index contributed by atoms with van der Waals surface area (Å²) < 4.78 is 26.4. The smallest absolute Gasteiger partial charge is 0.243 e. The summed E-state index contributed by atoms with van der Waals surface area (Å²) in [6.07, 6.45) is 2.78. The molecule has 0 saturated heterocycles. The molecule has 0 spiro atoms. The molecule has 2 rings (SSSR count). The molecule has 1 heterocycles. The van der Waals surface area contributed by atoms with Crippen molar-refractivity contribution in [3.63, 3.8) is 0 Å². The van der Waals surface area contributed by atoms with Crippen molar-refractivity contribution in [1.82, 2.24) is 4.31 Å². The molecule has 1 aromatic rings. The molecule has 0 aliphatic carbocycles. The van der Waals surface area contributed by atoms with E-state index in [0.29, 0.717) is 13.1 Å². The summed E-state index contributed by atoms with van der Waals surface area (Å²) in [6.45, 7) is 7.34. The summed E-state index contributed by atoms with van der Waals surface area (Å²) in [5, 5.41) is 9.24. The lowest BCUT2D eigenvalue weighted by atomic mass is 9.83. The largest absolute Gasteiger partial charge is 0.508 e. The molecule has 110 valence electrons. The lowest BCUT2D eigenvalue weighted by molar-refractivity contribution is 0.389. The Morgan fingerprint density at radius 3 is 2.20 bits per heavy atom. The van der Waals surface area contributed by atoms with E-state index in [4.69, 9.17) is 0 Å². The van der Waals surface area contributed by atoms with E-state index in [9.17, 15) is 13.5 Å². The number of benzene rings is 1. The van der Waals surface area contributed by atoms with E-state index in [2.05, 4.69) is 20.8 Å². The van der Waals surface area contributed by atoms with Crippen molar-refractivity contribution in [2.75, 3.05) is 13.1 Å². The van der Waals surface area contributed by atoms with Crippen LogP contribution in [0.5, 0.6) is 5.75 Å². The number of aromatic hydroxyl groups is 1. The number of phenolic OH excluding ortho intramolecular Hbond substituents is 1. The van der Waals surface area contributed by atoms with E-state index in [1.807, 2.05) is 6.08 Å². The van der Waals surface area contributed by atoms with Crippen LogP contribution in [0, 0.1) is 5.41 Å². The minimum atomic E-state index is -3.47. The molecule has 5 heteroatoms. The van der Waals surface area contributed by atoms with Crippen LogP contribution in [0.25, 0.3) is 0 Å². The van der Waals surface area contributed by atoms with Crippen molar-refractivity contribution >= 4 is 10.0 Å². The molecule has 1 aliphatic rings. The van der Waals surface area contributed by atoms with Crippen molar-refractivity contribution in [2.24, 2.45) is 5.41 Å². The molecule has 1 aliphatic heterocycles. The highest BCUT2D eigenvalue weighted by molar-refractivity contribution is 7.89. The third kappa shape index (κ3) is 3.04. The first-order chi connectivity index (χ1) is 9.21. The molecule has 1 aromatic carbocycles. The number of phenols is 1. The van der Waals surface area contributed by atoms with Crippen LogP contribution in [0.4, 0.5) is 0 Å². The Morgan fingerprint density at radius 1 is 1.15 bits per heavy atom. The van der Waals surface area contributed by atoms with Crippen LogP contribution in [0.1, 0.15) is 27.2 Å². The molecule has 0 amide bonds. The summed E-state index contributed by atoms with van der Waals surface area (Å²) in [6, 6.07) is 5.67. The maximum Gasteiger partial charge on any atom is 0.243 e. The normalized spacial score (nSPS) is 17.9. The molecule has 0 bridgehead atoms. The Kier molecular flexibility index (Phi) is 3.93. The van der Waals surface area contributed by atoms with Crippen molar-refractivity contribution in [2.45, 2.75) is 32.1 Å². The monoisotopic (exact) mass is 295 g/mol. The summed E-state index contributed by atoms with van der Waals surface area (Å²) >= 11 is 0. The van der Waals surface area contributed by atoms with Crippen LogP contribution >= 0.6 is 0 Å². The van der Waals surface area contributed by atoms with E-state index < -0.39 is 10.0 Å². The average Bonchev–Trinajstić information content (AvgIpc) is 2.38. The highest BCUT2D eigenvalue weighted by Crippen LogP contribution is 2.31. The predicted molar refractivity (Wildman–Crippen MR) is 79.0 cm³/mol. The minimum absolute atomic E-state index is 0.0671. The Labute approximate surface area is 120 Å². The fraction of sp³-hybridized carbons (Fsp3) is 0.467. The highest BCUT2D eigenvalue weighted by atomic mass is 32.2. The number of nitrogens with zero attached hydrogens (tertiary/aromatic N) is 1. The maximum atomic E-state index is 12.5. The van der Waals surface area contributed by atoms with Gasteiger partial charge in [0.25, 0.3) is 0 Å². The average molecular weight is 295 g/mol. The second-order valence-electron chi connectivity index (χ2n) is 6.09. The Balaban J connectivity index is 2.21. The molecular weight excluding hydrogens is 274 g/mol. The maximum absolute atomic E-state index is 12.5. The zero-order valence-electron chi connectivity index (χ0n) is 12.1. The zero-order chi connectivity index (χ0) is 15.0. The van der Waals surface area contributed by atoms with E-state index >= 15 is 0 Å². The lowest BCUT2D eigenvalue weighted by Crippen LogP contribution is -2.36. The standard InChI is InChI=1S/C15H21NO3S/c1-15(2,3)12-8-10-16(11-9-12)20(18,19)14-6-4-13(17)5-7-14/h4-8,17H,9-11H2,1-3H3. The van der Waals surface area contributed by atoms with Crippen molar-refractivity contribution < 1.29 is 13.5 Å². The van der Waals surface area contributed by atoms with Crippen LogP contribution in [-0.4, -0.2) is 30.9 Å². The molecule has 0 radical (unpaired) electrons. The van der Waals surface area contributed by atoms with Crippen molar-refractivity contribution in [3.8, 4) is 5.75 Å². The third-order valence-electron chi connectivity index (χ3n) is 3.61. The number of sulfonamides is 1. The second-order valence-corrected chi connectivity index (χ2v) is 8.02.